The summed E-state index contributed by atoms with van der Waals surface area (Å²) in [5.74, 6) is 0.868. The van der Waals surface area contributed by atoms with Crippen molar-refractivity contribution >= 4 is 16.9 Å². The van der Waals surface area contributed by atoms with Gasteiger partial charge in [0, 0.05) is 55.9 Å². The maximum Gasteiger partial charge on any atom is 0.191 e. The fraction of sp³-hybridized carbons (Fsp3) is 0.550. The van der Waals surface area contributed by atoms with Crippen molar-refractivity contribution in [2.75, 3.05) is 26.7 Å². The lowest BCUT2D eigenvalue weighted by molar-refractivity contribution is 0.178. The molecular weight excluding hydrogens is 310 g/mol. The van der Waals surface area contributed by atoms with Crippen LogP contribution in [0.5, 0.6) is 0 Å². The second kappa shape index (κ2) is 9.47. The molecule has 5 heteroatoms. The van der Waals surface area contributed by atoms with E-state index >= 15 is 0 Å². The van der Waals surface area contributed by atoms with E-state index in [0.29, 0.717) is 12.1 Å². The van der Waals surface area contributed by atoms with Gasteiger partial charge in [-0.25, -0.2) is 0 Å². The van der Waals surface area contributed by atoms with Crippen molar-refractivity contribution in [3.63, 3.8) is 0 Å². The Hall–Kier alpha value is -2.01. The third-order valence-electron chi connectivity index (χ3n) is 4.57. The average Bonchev–Trinajstić information content (AvgIpc) is 2.99. The zero-order valence-electron chi connectivity index (χ0n) is 16.3. The Balaban J connectivity index is 1.77. The third-order valence-corrected chi connectivity index (χ3v) is 4.57. The molecule has 2 rings (SSSR count). The van der Waals surface area contributed by atoms with Gasteiger partial charge in [-0.1, -0.05) is 18.2 Å². The second-order valence-corrected chi connectivity index (χ2v) is 6.96. The van der Waals surface area contributed by atoms with Crippen LogP contribution in [-0.2, 0) is 6.42 Å². The summed E-state index contributed by atoms with van der Waals surface area (Å²) in [7, 11) is 1.82. The number of para-hydroxylation sites is 1. The summed E-state index contributed by atoms with van der Waals surface area (Å²) >= 11 is 0. The molecule has 0 aliphatic heterocycles. The zero-order valence-corrected chi connectivity index (χ0v) is 16.3. The number of nitrogens with zero attached hydrogens (tertiary/aromatic N) is 2. The van der Waals surface area contributed by atoms with Gasteiger partial charge in [-0.15, -0.1) is 0 Å². The van der Waals surface area contributed by atoms with E-state index in [9.17, 15) is 0 Å². The van der Waals surface area contributed by atoms with Crippen LogP contribution in [0, 0.1) is 0 Å². The summed E-state index contributed by atoms with van der Waals surface area (Å²) in [4.78, 5) is 10.1. The van der Waals surface area contributed by atoms with Gasteiger partial charge >= 0.3 is 0 Å². The van der Waals surface area contributed by atoms with Crippen LogP contribution in [0.1, 0.15) is 33.3 Å². The van der Waals surface area contributed by atoms with E-state index in [2.05, 4.69) is 83.7 Å². The van der Waals surface area contributed by atoms with Gasteiger partial charge in [-0.05, 0) is 45.7 Å². The molecule has 1 heterocycles. The number of hydrogen-bond acceptors (Lipinski definition) is 2. The Morgan fingerprint density at radius 1 is 1.08 bits per heavy atom. The lowest BCUT2D eigenvalue weighted by Crippen LogP contribution is -2.45. The number of aliphatic imine (C=N–C) groups is 1. The van der Waals surface area contributed by atoms with Gasteiger partial charge in [0.25, 0.3) is 0 Å². The summed E-state index contributed by atoms with van der Waals surface area (Å²) < 4.78 is 0. The lowest BCUT2D eigenvalue weighted by atomic mass is 10.1. The summed E-state index contributed by atoms with van der Waals surface area (Å²) in [5, 5.41) is 8.13. The number of rotatable bonds is 8. The molecule has 1 aromatic carbocycles. The first-order valence-corrected chi connectivity index (χ1v) is 9.28. The van der Waals surface area contributed by atoms with Crippen molar-refractivity contribution < 1.29 is 0 Å². The molecule has 0 radical (unpaired) electrons. The highest BCUT2D eigenvalue weighted by Crippen LogP contribution is 2.17. The number of nitrogens with one attached hydrogen (secondary N) is 3. The van der Waals surface area contributed by atoms with Crippen LogP contribution in [0.3, 0.4) is 0 Å². The molecule has 0 bridgehead atoms. The topological polar surface area (TPSA) is 55.5 Å². The Morgan fingerprint density at radius 3 is 2.44 bits per heavy atom. The molecule has 0 aliphatic rings. The number of aromatic nitrogens is 1. The molecule has 0 saturated carbocycles. The van der Waals surface area contributed by atoms with Crippen molar-refractivity contribution in [3.05, 3.63) is 36.0 Å². The molecule has 0 atom stereocenters. The average molecular weight is 344 g/mol. The van der Waals surface area contributed by atoms with Crippen molar-refractivity contribution in [2.45, 2.75) is 46.2 Å². The fourth-order valence-corrected chi connectivity index (χ4v) is 3.29. The molecular formula is C20H33N5. The maximum absolute atomic E-state index is 4.32. The molecule has 0 amide bonds. The van der Waals surface area contributed by atoms with Gasteiger partial charge in [0.2, 0.25) is 0 Å². The second-order valence-electron chi connectivity index (χ2n) is 6.96. The number of benzene rings is 1. The zero-order chi connectivity index (χ0) is 18.2. The SMILES string of the molecule is CN=C(NCCc1c[nH]c2ccccc12)NCCN(C(C)C)C(C)C. The van der Waals surface area contributed by atoms with Crippen LogP contribution in [0.15, 0.2) is 35.5 Å². The molecule has 0 unspecified atom stereocenters. The third kappa shape index (κ3) is 5.49. The Morgan fingerprint density at radius 2 is 1.76 bits per heavy atom. The van der Waals surface area contributed by atoms with E-state index in [1.54, 1.807) is 0 Å². The molecule has 138 valence electrons. The number of H-pyrrole nitrogens is 1. The first-order chi connectivity index (χ1) is 12.0. The van der Waals surface area contributed by atoms with E-state index in [4.69, 9.17) is 0 Å². The summed E-state index contributed by atoms with van der Waals surface area (Å²) in [5.41, 5.74) is 2.53. The molecule has 25 heavy (non-hydrogen) atoms. The van der Waals surface area contributed by atoms with Gasteiger partial charge < -0.3 is 15.6 Å². The smallest absolute Gasteiger partial charge is 0.191 e. The van der Waals surface area contributed by atoms with Crippen LogP contribution in [0.2, 0.25) is 0 Å². The minimum Gasteiger partial charge on any atom is -0.361 e. The molecule has 0 spiro atoms. The van der Waals surface area contributed by atoms with Crippen molar-refractivity contribution in [2.24, 2.45) is 4.99 Å². The monoisotopic (exact) mass is 343 g/mol. The molecule has 0 fully saturated rings. The molecule has 5 nitrogen and oxygen atoms in total. The normalized spacial score (nSPS) is 12.6. The van der Waals surface area contributed by atoms with E-state index in [-0.39, 0.29) is 0 Å². The molecule has 1 aromatic heterocycles. The molecule has 2 aromatic rings. The Bertz CT molecular complexity index is 664. The molecule has 0 aliphatic carbocycles. The predicted octanol–water partition coefficient (Wildman–Crippen LogP) is 2.99. The van der Waals surface area contributed by atoms with Crippen LogP contribution in [-0.4, -0.2) is 54.6 Å². The standard InChI is InChI=1S/C20H33N5/c1-15(2)25(16(3)4)13-12-23-20(21-5)22-11-10-17-14-24-19-9-7-6-8-18(17)19/h6-9,14-16,24H,10-13H2,1-5H3,(H2,21,22,23). The van der Waals surface area contributed by atoms with Crippen LogP contribution in [0.25, 0.3) is 10.9 Å². The highest BCUT2D eigenvalue weighted by molar-refractivity contribution is 5.83. The predicted molar refractivity (Wildman–Crippen MR) is 108 cm³/mol. The first-order valence-electron chi connectivity index (χ1n) is 9.28. The number of guanidine groups is 1. The van der Waals surface area contributed by atoms with E-state index < -0.39 is 0 Å². The molecule has 0 saturated heterocycles. The number of aromatic amines is 1. The van der Waals surface area contributed by atoms with Crippen LogP contribution < -0.4 is 10.6 Å². The maximum atomic E-state index is 4.32. The van der Waals surface area contributed by atoms with Gasteiger partial charge in [0.1, 0.15) is 0 Å². The highest BCUT2D eigenvalue weighted by atomic mass is 15.2. The Kier molecular flexibility index (Phi) is 7.31. The summed E-state index contributed by atoms with van der Waals surface area (Å²) in [6.45, 7) is 11.7. The van der Waals surface area contributed by atoms with Crippen molar-refractivity contribution in [1.82, 2.24) is 20.5 Å². The van der Waals surface area contributed by atoms with E-state index in [1.807, 2.05) is 7.05 Å². The summed E-state index contributed by atoms with van der Waals surface area (Å²) in [6, 6.07) is 9.53. The quantitative estimate of drug-likeness (QED) is 0.510. The van der Waals surface area contributed by atoms with Crippen LogP contribution in [0.4, 0.5) is 0 Å². The van der Waals surface area contributed by atoms with Crippen LogP contribution >= 0.6 is 0 Å². The highest BCUT2D eigenvalue weighted by Gasteiger charge is 2.12. The minimum atomic E-state index is 0.554. The minimum absolute atomic E-state index is 0.554. The van der Waals surface area contributed by atoms with Crippen molar-refractivity contribution in [3.8, 4) is 0 Å². The number of fused-ring (bicyclic) bond motifs is 1. The largest absolute Gasteiger partial charge is 0.361 e. The fourth-order valence-electron chi connectivity index (χ4n) is 3.29. The van der Waals surface area contributed by atoms with Crippen molar-refractivity contribution in [1.29, 1.82) is 0 Å². The summed E-state index contributed by atoms with van der Waals surface area (Å²) in [6.07, 6.45) is 3.07. The van der Waals surface area contributed by atoms with E-state index in [1.165, 1.54) is 16.5 Å². The van der Waals surface area contributed by atoms with Gasteiger partial charge in [0.15, 0.2) is 5.96 Å². The van der Waals surface area contributed by atoms with Gasteiger partial charge in [-0.3, -0.25) is 9.89 Å². The Labute approximate surface area is 151 Å². The lowest BCUT2D eigenvalue weighted by Gasteiger charge is -2.30. The van der Waals surface area contributed by atoms with Gasteiger partial charge in [0.05, 0.1) is 0 Å². The molecule has 3 N–H and O–H groups in total. The number of hydrogen-bond donors (Lipinski definition) is 3. The van der Waals surface area contributed by atoms with Gasteiger partial charge in [-0.2, -0.15) is 0 Å². The first kappa shape index (κ1) is 19.3. The van der Waals surface area contributed by atoms with E-state index in [0.717, 1.165) is 32.0 Å².